The van der Waals surface area contributed by atoms with Crippen molar-refractivity contribution in [3.63, 3.8) is 0 Å². The summed E-state index contributed by atoms with van der Waals surface area (Å²) < 4.78 is 30.1. The third-order valence-corrected chi connectivity index (χ3v) is 3.33. The van der Waals surface area contributed by atoms with E-state index in [1.165, 1.54) is 26.2 Å². The maximum absolute atomic E-state index is 11.9. The van der Waals surface area contributed by atoms with E-state index in [1.807, 2.05) is 0 Å². The molecular weight excluding hydrogens is 355 g/mol. The minimum absolute atomic E-state index is 0.102. The van der Waals surface area contributed by atoms with Gasteiger partial charge in [0.05, 0.1) is 12.7 Å². The lowest BCUT2D eigenvalue weighted by molar-refractivity contribution is -0.142. The number of methoxy groups -OCH3 is 1. The zero-order valence-electron chi connectivity index (χ0n) is 13.7. The summed E-state index contributed by atoms with van der Waals surface area (Å²) in [5.74, 6) is -0.958. The van der Waals surface area contributed by atoms with Crippen molar-refractivity contribution in [3.8, 4) is 5.75 Å². The van der Waals surface area contributed by atoms with Crippen LogP contribution in [0.25, 0.3) is 0 Å². The van der Waals surface area contributed by atoms with Gasteiger partial charge < -0.3 is 24.0 Å². The van der Waals surface area contributed by atoms with E-state index in [0.717, 1.165) is 0 Å². The number of hydrogen-bond donors (Lipinski definition) is 2. The highest BCUT2D eigenvalue weighted by atomic mass is 31.2. The lowest BCUT2D eigenvalue weighted by atomic mass is 10.2. The molecule has 0 saturated heterocycles. The predicted octanol–water partition coefficient (Wildman–Crippen LogP) is 1.45. The molecule has 10 heteroatoms. The zero-order chi connectivity index (χ0) is 19.0. The molecule has 0 amide bonds. The Labute approximate surface area is 144 Å². The highest BCUT2D eigenvalue weighted by Gasteiger charge is 2.25. The van der Waals surface area contributed by atoms with Crippen LogP contribution < -0.4 is 4.74 Å². The fourth-order valence-corrected chi connectivity index (χ4v) is 2.08. The summed E-state index contributed by atoms with van der Waals surface area (Å²) in [5.41, 5.74) is 0.305. The Hall–Kier alpha value is -2.19. The molecule has 1 aromatic carbocycles. The van der Waals surface area contributed by atoms with Gasteiger partial charge in [-0.05, 0) is 31.2 Å². The van der Waals surface area contributed by atoms with Crippen molar-refractivity contribution >= 4 is 19.8 Å². The van der Waals surface area contributed by atoms with Gasteiger partial charge in [0.2, 0.25) is 0 Å². The molecule has 0 aliphatic rings. The van der Waals surface area contributed by atoms with Gasteiger partial charge in [0, 0.05) is 5.57 Å². The van der Waals surface area contributed by atoms with Crippen molar-refractivity contribution in [2.45, 2.75) is 13.0 Å². The maximum atomic E-state index is 11.9. The van der Waals surface area contributed by atoms with E-state index in [9.17, 15) is 14.2 Å². The van der Waals surface area contributed by atoms with Gasteiger partial charge in [-0.3, -0.25) is 4.52 Å². The van der Waals surface area contributed by atoms with Gasteiger partial charge in [-0.25, -0.2) is 14.2 Å². The average molecular weight is 374 g/mol. The highest BCUT2D eigenvalue weighted by Crippen LogP contribution is 2.37. The van der Waals surface area contributed by atoms with Crippen LogP contribution in [-0.4, -0.2) is 48.2 Å². The van der Waals surface area contributed by atoms with Crippen molar-refractivity contribution in [1.82, 2.24) is 0 Å². The molecule has 25 heavy (non-hydrogen) atoms. The van der Waals surface area contributed by atoms with E-state index in [1.54, 1.807) is 12.1 Å². The molecule has 9 nitrogen and oxygen atoms in total. The maximum Gasteiger partial charge on any atom is 0.470 e. The highest BCUT2D eigenvalue weighted by molar-refractivity contribution is 7.46. The molecule has 0 aliphatic heterocycles. The second-order valence-electron chi connectivity index (χ2n) is 4.92. The Morgan fingerprint density at radius 2 is 1.72 bits per heavy atom. The first-order valence-electron chi connectivity index (χ1n) is 7.00. The SMILES string of the molecule is C=C(C)C(=O)OCC(COC(=O)c1ccc(OC)cc1)OP(=O)(O)O. The molecule has 0 fully saturated rings. The van der Waals surface area contributed by atoms with Gasteiger partial charge in [-0.15, -0.1) is 0 Å². The van der Waals surface area contributed by atoms with E-state index in [-0.39, 0.29) is 11.1 Å². The Morgan fingerprint density at radius 1 is 1.16 bits per heavy atom. The molecule has 138 valence electrons. The van der Waals surface area contributed by atoms with Gasteiger partial charge >= 0.3 is 19.8 Å². The number of benzene rings is 1. The van der Waals surface area contributed by atoms with E-state index in [4.69, 9.17) is 24.0 Å². The number of carbonyl (C=O) groups excluding carboxylic acids is 2. The molecule has 0 spiro atoms. The summed E-state index contributed by atoms with van der Waals surface area (Å²) in [4.78, 5) is 41.0. The normalized spacial score (nSPS) is 12.2. The molecule has 0 radical (unpaired) electrons. The fourth-order valence-electron chi connectivity index (χ4n) is 1.57. The number of phosphoric ester groups is 1. The third-order valence-electron chi connectivity index (χ3n) is 2.76. The van der Waals surface area contributed by atoms with E-state index in [2.05, 4.69) is 11.1 Å². The summed E-state index contributed by atoms with van der Waals surface area (Å²) in [6.45, 7) is 3.73. The Kier molecular flexibility index (Phi) is 7.79. The van der Waals surface area contributed by atoms with Crippen LogP contribution in [0.15, 0.2) is 36.4 Å². The third kappa shape index (κ3) is 7.95. The number of carbonyl (C=O) groups is 2. The van der Waals surface area contributed by atoms with Crippen LogP contribution in [0.3, 0.4) is 0 Å². The number of hydrogen-bond acceptors (Lipinski definition) is 7. The summed E-state index contributed by atoms with van der Waals surface area (Å²) in [5, 5.41) is 0. The van der Waals surface area contributed by atoms with Gasteiger partial charge in [0.1, 0.15) is 25.1 Å². The molecule has 1 atom stereocenters. The van der Waals surface area contributed by atoms with Crippen LogP contribution in [0.2, 0.25) is 0 Å². The van der Waals surface area contributed by atoms with Crippen molar-refractivity contribution in [1.29, 1.82) is 0 Å². The van der Waals surface area contributed by atoms with Crippen LogP contribution in [0.1, 0.15) is 17.3 Å². The van der Waals surface area contributed by atoms with E-state index in [0.29, 0.717) is 5.75 Å². The molecule has 2 N–H and O–H groups in total. The van der Waals surface area contributed by atoms with Crippen LogP contribution >= 0.6 is 7.82 Å². The molecule has 0 saturated carbocycles. The van der Waals surface area contributed by atoms with E-state index < -0.39 is 39.1 Å². The van der Waals surface area contributed by atoms with Crippen molar-refractivity contribution in [3.05, 3.63) is 42.0 Å². The minimum Gasteiger partial charge on any atom is -0.497 e. The molecule has 0 heterocycles. The molecule has 0 bridgehead atoms. The summed E-state index contributed by atoms with van der Waals surface area (Å²) in [7, 11) is -3.39. The molecule has 0 aliphatic carbocycles. The molecular formula is C15H19O9P. The van der Waals surface area contributed by atoms with Crippen LogP contribution in [0.5, 0.6) is 5.75 Å². The smallest absolute Gasteiger partial charge is 0.470 e. The second-order valence-corrected chi connectivity index (χ2v) is 6.12. The monoisotopic (exact) mass is 374 g/mol. The van der Waals surface area contributed by atoms with Crippen LogP contribution in [0.4, 0.5) is 0 Å². The van der Waals surface area contributed by atoms with Crippen LogP contribution in [0, 0.1) is 0 Å². The number of esters is 2. The van der Waals surface area contributed by atoms with Crippen molar-refractivity contribution in [2.24, 2.45) is 0 Å². The summed E-state index contributed by atoms with van der Waals surface area (Å²) in [6, 6.07) is 6.02. The van der Waals surface area contributed by atoms with Crippen molar-refractivity contribution < 1.29 is 42.7 Å². The minimum atomic E-state index is -4.87. The summed E-state index contributed by atoms with van der Waals surface area (Å²) in [6.07, 6.45) is -1.34. The van der Waals surface area contributed by atoms with E-state index >= 15 is 0 Å². The first-order valence-corrected chi connectivity index (χ1v) is 8.53. The Bertz CT molecular complexity index is 662. The van der Waals surface area contributed by atoms with Crippen molar-refractivity contribution in [2.75, 3.05) is 20.3 Å². The first kappa shape index (κ1) is 20.9. The zero-order valence-corrected chi connectivity index (χ0v) is 14.6. The van der Waals surface area contributed by atoms with Gasteiger partial charge in [-0.2, -0.15) is 0 Å². The standard InChI is InChI=1S/C15H19O9P/c1-10(2)14(16)22-8-13(24-25(18,19)20)9-23-15(17)11-4-6-12(21-3)7-5-11/h4-7,13H,1,8-9H2,2-3H3,(H2,18,19,20). The fraction of sp³-hybridized carbons (Fsp3) is 0.333. The average Bonchev–Trinajstić information content (AvgIpc) is 2.55. The topological polar surface area (TPSA) is 129 Å². The van der Waals surface area contributed by atoms with Gasteiger partial charge in [0.25, 0.3) is 0 Å². The second kappa shape index (κ2) is 9.33. The number of rotatable bonds is 9. The van der Waals surface area contributed by atoms with Crippen LogP contribution in [-0.2, 0) is 23.4 Å². The van der Waals surface area contributed by atoms with Gasteiger partial charge in [-0.1, -0.05) is 6.58 Å². The predicted molar refractivity (Wildman–Crippen MR) is 86.0 cm³/mol. The summed E-state index contributed by atoms with van der Waals surface area (Å²) >= 11 is 0. The number of ether oxygens (including phenoxy) is 3. The lowest BCUT2D eigenvalue weighted by Gasteiger charge is -2.18. The Balaban J connectivity index is 2.66. The molecule has 1 unspecified atom stereocenters. The molecule has 1 aromatic rings. The van der Waals surface area contributed by atoms with Gasteiger partial charge in [0.15, 0.2) is 0 Å². The quantitative estimate of drug-likeness (QED) is 0.375. The lowest BCUT2D eigenvalue weighted by Crippen LogP contribution is -2.28. The molecule has 1 rings (SSSR count). The Morgan fingerprint density at radius 3 is 2.20 bits per heavy atom. The number of phosphoric acid groups is 1. The molecule has 0 aromatic heterocycles. The largest absolute Gasteiger partial charge is 0.497 e. The first-order chi connectivity index (χ1) is 11.6.